The summed E-state index contributed by atoms with van der Waals surface area (Å²) in [5.74, 6) is 1.63. The molecule has 0 aromatic rings. The van der Waals surface area contributed by atoms with Gasteiger partial charge < -0.3 is 15.3 Å². The van der Waals surface area contributed by atoms with E-state index in [1.165, 1.54) is 58.2 Å². The smallest absolute Gasteiger partial charge is 0.0434 e. The molecule has 1 saturated carbocycles. The van der Waals surface area contributed by atoms with Crippen molar-refractivity contribution in [2.75, 3.05) is 32.8 Å². The molecule has 2 N–H and O–H groups in total. The molecule has 2 rings (SSSR count). The number of rotatable bonds is 7. The van der Waals surface area contributed by atoms with Crippen LogP contribution in [0.4, 0.5) is 0 Å². The molecule has 3 heteroatoms. The van der Waals surface area contributed by atoms with Crippen LogP contribution in [0.2, 0.25) is 0 Å². The van der Waals surface area contributed by atoms with Crippen LogP contribution in [0.3, 0.4) is 0 Å². The summed E-state index contributed by atoms with van der Waals surface area (Å²) in [6, 6.07) is 0.645. The molecule has 2 fully saturated rings. The van der Waals surface area contributed by atoms with Crippen LogP contribution >= 0.6 is 0 Å². The van der Waals surface area contributed by atoms with E-state index < -0.39 is 0 Å². The number of hydrogen-bond donors (Lipinski definition) is 2. The Hall–Kier alpha value is -0.120. The van der Waals surface area contributed by atoms with Crippen molar-refractivity contribution in [2.45, 2.75) is 57.9 Å². The fourth-order valence-corrected chi connectivity index (χ4v) is 3.90. The predicted molar refractivity (Wildman–Crippen MR) is 80.3 cm³/mol. The van der Waals surface area contributed by atoms with Crippen LogP contribution in [0.15, 0.2) is 0 Å². The Bertz CT molecular complexity index is 241. The summed E-state index contributed by atoms with van der Waals surface area (Å²) < 4.78 is 0. The van der Waals surface area contributed by atoms with Crippen molar-refractivity contribution in [3.05, 3.63) is 0 Å². The third-order valence-electron chi connectivity index (χ3n) is 4.82. The van der Waals surface area contributed by atoms with Gasteiger partial charge in [-0.05, 0) is 50.5 Å². The van der Waals surface area contributed by atoms with E-state index in [0.29, 0.717) is 18.6 Å². The van der Waals surface area contributed by atoms with Gasteiger partial charge in [0.1, 0.15) is 0 Å². The number of aliphatic hydroxyl groups excluding tert-OH is 1. The van der Waals surface area contributed by atoms with Gasteiger partial charge in [-0.3, -0.25) is 0 Å². The molecule has 0 amide bonds. The Morgan fingerprint density at radius 2 is 1.95 bits per heavy atom. The van der Waals surface area contributed by atoms with Crippen molar-refractivity contribution in [1.29, 1.82) is 0 Å². The molecular formula is C16H32N2O. The minimum atomic E-state index is 0.350. The van der Waals surface area contributed by atoms with E-state index in [2.05, 4.69) is 17.1 Å². The van der Waals surface area contributed by atoms with E-state index in [-0.39, 0.29) is 0 Å². The Kier molecular flexibility index (Phi) is 6.62. The van der Waals surface area contributed by atoms with Crippen molar-refractivity contribution >= 4 is 0 Å². The molecule has 0 bridgehead atoms. The number of likely N-dealkylation sites (tertiary alicyclic amines) is 1. The van der Waals surface area contributed by atoms with Crippen molar-refractivity contribution in [3.8, 4) is 0 Å². The van der Waals surface area contributed by atoms with Crippen LogP contribution in [0, 0.1) is 11.8 Å². The lowest BCUT2D eigenvalue weighted by atomic mass is 9.90. The van der Waals surface area contributed by atoms with Crippen molar-refractivity contribution in [1.82, 2.24) is 10.2 Å². The molecular weight excluding hydrogens is 236 g/mol. The Labute approximate surface area is 118 Å². The summed E-state index contributed by atoms with van der Waals surface area (Å²) in [6.45, 7) is 7.44. The van der Waals surface area contributed by atoms with Gasteiger partial charge in [0.15, 0.2) is 0 Å². The first-order valence-electron chi connectivity index (χ1n) is 8.38. The van der Waals surface area contributed by atoms with Gasteiger partial charge in [0.25, 0.3) is 0 Å². The lowest BCUT2D eigenvalue weighted by Crippen LogP contribution is -2.50. The highest BCUT2D eigenvalue weighted by molar-refractivity contribution is 4.85. The first-order chi connectivity index (χ1) is 9.31. The van der Waals surface area contributed by atoms with Gasteiger partial charge in [-0.15, -0.1) is 0 Å². The van der Waals surface area contributed by atoms with Gasteiger partial charge in [-0.25, -0.2) is 0 Å². The highest BCUT2D eigenvalue weighted by atomic mass is 16.3. The summed E-state index contributed by atoms with van der Waals surface area (Å²) in [6.07, 6.45) is 9.20. The molecule has 0 radical (unpaired) electrons. The monoisotopic (exact) mass is 268 g/mol. The zero-order valence-electron chi connectivity index (χ0n) is 12.6. The summed E-state index contributed by atoms with van der Waals surface area (Å²) in [7, 11) is 0. The summed E-state index contributed by atoms with van der Waals surface area (Å²) in [5, 5.41) is 12.9. The van der Waals surface area contributed by atoms with Crippen LogP contribution in [0.25, 0.3) is 0 Å². The maximum atomic E-state index is 9.21. The van der Waals surface area contributed by atoms with E-state index in [1.807, 2.05) is 0 Å². The third-order valence-corrected chi connectivity index (χ3v) is 4.82. The number of hydrogen-bond acceptors (Lipinski definition) is 3. The number of aliphatic hydroxyl groups is 1. The second-order valence-electron chi connectivity index (χ2n) is 6.63. The maximum Gasteiger partial charge on any atom is 0.0434 e. The second kappa shape index (κ2) is 8.23. The molecule has 2 aliphatic rings. The van der Waals surface area contributed by atoms with E-state index in [4.69, 9.17) is 0 Å². The van der Waals surface area contributed by atoms with Crippen molar-refractivity contribution in [3.63, 3.8) is 0 Å². The molecule has 19 heavy (non-hydrogen) atoms. The molecule has 0 spiro atoms. The number of nitrogens with one attached hydrogen (secondary N) is 1. The fraction of sp³-hybridized carbons (Fsp3) is 1.00. The zero-order chi connectivity index (χ0) is 13.5. The average molecular weight is 268 g/mol. The molecule has 1 aliphatic carbocycles. The van der Waals surface area contributed by atoms with Crippen molar-refractivity contribution < 1.29 is 5.11 Å². The van der Waals surface area contributed by atoms with E-state index in [0.717, 1.165) is 18.9 Å². The number of piperidine rings is 1. The van der Waals surface area contributed by atoms with E-state index in [1.54, 1.807) is 0 Å². The highest BCUT2D eigenvalue weighted by Gasteiger charge is 2.28. The zero-order valence-corrected chi connectivity index (χ0v) is 12.6. The normalized spacial score (nSPS) is 30.0. The van der Waals surface area contributed by atoms with Crippen LogP contribution in [0.1, 0.15) is 51.9 Å². The van der Waals surface area contributed by atoms with Gasteiger partial charge in [0.05, 0.1) is 0 Å². The highest BCUT2D eigenvalue weighted by Crippen LogP contribution is 2.28. The first kappa shape index (κ1) is 15.3. The lowest BCUT2D eigenvalue weighted by molar-refractivity contribution is 0.107. The van der Waals surface area contributed by atoms with Crippen molar-refractivity contribution in [2.24, 2.45) is 11.8 Å². The van der Waals surface area contributed by atoms with Gasteiger partial charge in [-0.2, -0.15) is 0 Å². The van der Waals surface area contributed by atoms with Crippen LogP contribution < -0.4 is 5.32 Å². The summed E-state index contributed by atoms with van der Waals surface area (Å²) >= 11 is 0. The SMILES string of the molecule is CCCNC1CC(CCO)CN(CC2CCCC2)C1. The molecule has 112 valence electrons. The summed E-state index contributed by atoms with van der Waals surface area (Å²) in [4.78, 5) is 2.67. The fourth-order valence-electron chi connectivity index (χ4n) is 3.90. The third kappa shape index (κ3) is 5.05. The molecule has 3 nitrogen and oxygen atoms in total. The standard InChI is InChI=1S/C16H32N2O/c1-2-8-17-16-10-15(7-9-19)12-18(13-16)11-14-5-3-4-6-14/h14-17,19H,2-13H2,1H3. The molecule has 2 atom stereocenters. The Morgan fingerprint density at radius 3 is 2.63 bits per heavy atom. The molecule has 0 aromatic carbocycles. The Balaban J connectivity index is 1.81. The molecule has 0 aromatic heterocycles. The minimum absolute atomic E-state index is 0.350. The van der Waals surface area contributed by atoms with E-state index in [9.17, 15) is 5.11 Å². The van der Waals surface area contributed by atoms with Gasteiger partial charge in [-0.1, -0.05) is 19.8 Å². The van der Waals surface area contributed by atoms with Crippen LogP contribution in [-0.4, -0.2) is 48.8 Å². The first-order valence-corrected chi connectivity index (χ1v) is 8.38. The Morgan fingerprint density at radius 1 is 1.16 bits per heavy atom. The van der Waals surface area contributed by atoms with Crippen LogP contribution in [0.5, 0.6) is 0 Å². The van der Waals surface area contributed by atoms with E-state index >= 15 is 0 Å². The molecule has 1 aliphatic heterocycles. The molecule has 1 heterocycles. The van der Waals surface area contributed by atoms with Gasteiger partial charge in [0.2, 0.25) is 0 Å². The molecule has 1 saturated heterocycles. The average Bonchev–Trinajstić information content (AvgIpc) is 2.89. The lowest BCUT2D eigenvalue weighted by Gasteiger charge is -2.39. The van der Waals surface area contributed by atoms with Gasteiger partial charge in [0, 0.05) is 32.3 Å². The predicted octanol–water partition coefficient (Wildman–Crippen LogP) is 2.25. The summed E-state index contributed by atoms with van der Waals surface area (Å²) in [5.41, 5.74) is 0. The van der Waals surface area contributed by atoms with Crippen LogP contribution in [-0.2, 0) is 0 Å². The quantitative estimate of drug-likeness (QED) is 0.743. The second-order valence-corrected chi connectivity index (χ2v) is 6.63. The number of nitrogens with zero attached hydrogens (tertiary/aromatic N) is 1. The van der Waals surface area contributed by atoms with Gasteiger partial charge >= 0.3 is 0 Å². The largest absolute Gasteiger partial charge is 0.396 e. The minimum Gasteiger partial charge on any atom is -0.396 e. The topological polar surface area (TPSA) is 35.5 Å². The maximum absolute atomic E-state index is 9.21. The molecule has 2 unspecified atom stereocenters.